The summed E-state index contributed by atoms with van der Waals surface area (Å²) in [5, 5.41) is 10.8. The molecule has 0 aliphatic carbocycles. The van der Waals surface area contributed by atoms with Gasteiger partial charge in [0.15, 0.2) is 0 Å². The van der Waals surface area contributed by atoms with E-state index in [2.05, 4.69) is 0 Å². The summed E-state index contributed by atoms with van der Waals surface area (Å²) in [5.41, 5.74) is 1.03. The molecule has 0 aliphatic rings. The van der Waals surface area contributed by atoms with Crippen LogP contribution in [0.3, 0.4) is 0 Å². The van der Waals surface area contributed by atoms with Crippen molar-refractivity contribution in [2.45, 2.75) is 33.1 Å². The predicted molar refractivity (Wildman–Crippen MR) is 63.0 cm³/mol. The number of ether oxygens (including phenoxy) is 1. The molecule has 0 aromatic heterocycles. The monoisotopic (exact) mass is 223 g/mol. The minimum atomic E-state index is -0.384. The van der Waals surface area contributed by atoms with Gasteiger partial charge < -0.3 is 4.74 Å². The molecule has 1 aromatic rings. The van der Waals surface area contributed by atoms with Gasteiger partial charge in [-0.2, -0.15) is 0 Å². The van der Waals surface area contributed by atoms with Gasteiger partial charge in [0.2, 0.25) is 0 Å². The van der Waals surface area contributed by atoms with E-state index >= 15 is 0 Å². The summed E-state index contributed by atoms with van der Waals surface area (Å²) in [4.78, 5) is 10.4. The van der Waals surface area contributed by atoms with E-state index in [0.717, 1.165) is 12.0 Å². The zero-order chi connectivity index (χ0) is 12.1. The summed E-state index contributed by atoms with van der Waals surface area (Å²) in [5.74, 6) is 0.837. The lowest BCUT2D eigenvalue weighted by Gasteiger charge is -2.09. The highest BCUT2D eigenvalue weighted by Gasteiger charge is 2.12. The zero-order valence-corrected chi connectivity index (χ0v) is 9.90. The van der Waals surface area contributed by atoms with E-state index in [1.54, 1.807) is 6.07 Å². The van der Waals surface area contributed by atoms with Gasteiger partial charge in [-0.3, -0.25) is 10.1 Å². The maximum atomic E-state index is 10.8. The molecule has 0 heterocycles. The largest absolute Gasteiger partial charge is 0.493 e. The Balaban J connectivity index is 3.03. The van der Waals surface area contributed by atoms with Crippen LogP contribution in [0.2, 0.25) is 0 Å². The molecule has 0 bridgehead atoms. The van der Waals surface area contributed by atoms with Crippen molar-refractivity contribution in [1.29, 1.82) is 0 Å². The quantitative estimate of drug-likeness (QED) is 0.567. The molecule has 0 unspecified atom stereocenters. The van der Waals surface area contributed by atoms with Crippen LogP contribution in [0.15, 0.2) is 18.2 Å². The standard InChI is InChI=1S/C12H17NO3/c1-4-5-16-12-7-10(9(2)3)6-11(8-12)13(14)15/h6-9H,4-5H2,1-3H3. The fraction of sp³-hybridized carbons (Fsp3) is 0.500. The van der Waals surface area contributed by atoms with Gasteiger partial charge in [0.25, 0.3) is 5.69 Å². The molecule has 0 aliphatic heterocycles. The van der Waals surface area contributed by atoms with Crippen LogP contribution < -0.4 is 4.74 Å². The highest BCUT2D eigenvalue weighted by molar-refractivity contribution is 5.43. The molecule has 0 radical (unpaired) electrons. The van der Waals surface area contributed by atoms with Gasteiger partial charge in [-0.05, 0) is 24.0 Å². The molecule has 88 valence electrons. The molecule has 0 saturated heterocycles. The molecule has 1 aromatic carbocycles. The van der Waals surface area contributed by atoms with E-state index in [1.165, 1.54) is 6.07 Å². The molecular formula is C12H17NO3. The second kappa shape index (κ2) is 5.49. The number of benzene rings is 1. The fourth-order valence-corrected chi connectivity index (χ4v) is 1.35. The molecule has 0 atom stereocenters. The Bertz CT molecular complexity index is 375. The highest BCUT2D eigenvalue weighted by Crippen LogP contribution is 2.27. The van der Waals surface area contributed by atoms with E-state index < -0.39 is 0 Å². The Morgan fingerprint density at radius 2 is 2.06 bits per heavy atom. The van der Waals surface area contributed by atoms with Crippen molar-refractivity contribution in [2.24, 2.45) is 0 Å². The van der Waals surface area contributed by atoms with Crippen LogP contribution in [0.5, 0.6) is 5.75 Å². The van der Waals surface area contributed by atoms with Gasteiger partial charge in [0.1, 0.15) is 5.75 Å². The van der Waals surface area contributed by atoms with Gasteiger partial charge in [-0.25, -0.2) is 0 Å². The summed E-state index contributed by atoms with van der Waals surface area (Å²) in [7, 11) is 0. The van der Waals surface area contributed by atoms with Crippen molar-refractivity contribution in [2.75, 3.05) is 6.61 Å². The third kappa shape index (κ3) is 3.22. The predicted octanol–water partition coefficient (Wildman–Crippen LogP) is 3.51. The molecule has 16 heavy (non-hydrogen) atoms. The van der Waals surface area contributed by atoms with Crippen LogP contribution in [0.25, 0.3) is 0 Å². The third-order valence-electron chi connectivity index (χ3n) is 2.26. The summed E-state index contributed by atoms with van der Waals surface area (Å²) in [6, 6.07) is 4.94. The Kier molecular flexibility index (Phi) is 4.28. The Hall–Kier alpha value is -1.58. The van der Waals surface area contributed by atoms with E-state index in [0.29, 0.717) is 12.4 Å². The van der Waals surface area contributed by atoms with Gasteiger partial charge in [-0.1, -0.05) is 20.8 Å². The maximum Gasteiger partial charge on any atom is 0.273 e. The molecule has 0 amide bonds. The molecule has 1 rings (SSSR count). The number of nitrogens with zero attached hydrogens (tertiary/aromatic N) is 1. The molecule has 0 N–H and O–H groups in total. The van der Waals surface area contributed by atoms with E-state index in [1.807, 2.05) is 26.8 Å². The van der Waals surface area contributed by atoms with E-state index in [4.69, 9.17) is 4.74 Å². The average Bonchev–Trinajstić information content (AvgIpc) is 2.25. The number of non-ortho nitro benzene ring substituents is 1. The molecule has 4 heteroatoms. The minimum Gasteiger partial charge on any atom is -0.493 e. The Morgan fingerprint density at radius 3 is 2.56 bits per heavy atom. The van der Waals surface area contributed by atoms with Crippen LogP contribution in [0.1, 0.15) is 38.7 Å². The lowest BCUT2D eigenvalue weighted by molar-refractivity contribution is -0.385. The topological polar surface area (TPSA) is 52.4 Å². The van der Waals surface area contributed by atoms with Gasteiger partial charge in [0.05, 0.1) is 17.6 Å². The van der Waals surface area contributed by atoms with Crippen molar-refractivity contribution in [3.8, 4) is 5.75 Å². The first-order chi connectivity index (χ1) is 7.54. The van der Waals surface area contributed by atoms with Gasteiger partial charge >= 0.3 is 0 Å². The normalized spacial score (nSPS) is 10.5. The number of nitro groups is 1. The Morgan fingerprint density at radius 1 is 1.38 bits per heavy atom. The lowest BCUT2D eigenvalue weighted by atomic mass is 10.0. The van der Waals surface area contributed by atoms with Gasteiger partial charge in [-0.15, -0.1) is 0 Å². The van der Waals surface area contributed by atoms with Crippen LogP contribution in [0.4, 0.5) is 5.69 Å². The van der Waals surface area contributed by atoms with Crippen molar-refractivity contribution < 1.29 is 9.66 Å². The third-order valence-corrected chi connectivity index (χ3v) is 2.26. The highest BCUT2D eigenvalue weighted by atomic mass is 16.6. The second-order valence-electron chi connectivity index (χ2n) is 4.02. The average molecular weight is 223 g/mol. The Labute approximate surface area is 95.4 Å². The lowest BCUT2D eigenvalue weighted by Crippen LogP contribution is -1.99. The van der Waals surface area contributed by atoms with Crippen molar-refractivity contribution in [3.63, 3.8) is 0 Å². The fourth-order valence-electron chi connectivity index (χ4n) is 1.35. The smallest absolute Gasteiger partial charge is 0.273 e. The summed E-state index contributed by atoms with van der Waals surface area (Å²) in [6.07, 6.45) is 0.889. The number of rotatable bonds is 5. The van der Waals surface area contributed by atoms with Gasteiger partial charge in [0, 0.05) is 6.07 Å². The van der Waals surface area contributed by atoms with Crippen LogP contribution in [-0.4, -0.2) is 11.5 Å². The molecular weight excluding hydrogens is 206 g/mol. The van der Waals surface area contributed by atoms with Crippen LogP contribution in [-0.2, 0) is 0 Å². The molecule has 0 saturated carbocycles. The van der Waals surface area contributed by atoms with Crippen molar-refractivity contribution in [1.82, 2.24) is 0 Å². The van der Waals surface area contributed by atoms with Crippen molar-refractivity contribution >= 4 is 5.69 Å². The number of hydrogen-bond acceptors (Lipinski definition) is 3. The van der Waals surface area contributed by atoms with Crippen LogP contribution >= 0.6 is 0 Å². The summed E-state index contributed by atoms with van der Waals surface area (Å²) >= 11 is 0. The SMILES string of the molecule is CCCOc1cc(C(C)C)cc([N+](=O)[O-])c1. The molecule has 0 fully saturated rings. The molecule has 4 nitrogen and oxygen atoms in total. The van der Waals surface area contributed by atoms with E-state index in [9.17, 15) is 10.1 Å². The minimum absolute atomic E-state index is 0.0947. The van der Waals surface area contributed by atoms with Crippen molar-refractivity contribution in [3.05, 3.63) is 33.9 Å². The number of nitro benzene ring substituents is 1. The van der Waals surface area contributed by atoms with Crippen LogP contribution in [0, 0.1) is 10.1 Å². The maximum absolute atomic E-state index is 10.8. The summed E-state index contributed by atoms with van der Waals surface area (Å²) in [6.45, 7) is 6.59. The first-order valence-electron chi connectivity index (χ1n) is 5.46. The summed E-state index contributed by atoms with van der Waals surface area (Å²) < 4.78 is 5.43. The number of hydrogen-bond donors (Lipinski definition) is 0. The zero-order valence-electron chi connectivity index (χ0n) is 9.90. The van der Waals surface area contributed by atoms with E-state index in [-0.39, 0.29) is 16.5 Å². The molecule has 0 spiro atoms. The second-order valence-corrected chi connectivity index (χ2v) is 4.02. The first kappa shape index (κ1) is 12.5. The first-order valence-corrected chi connectivity index (χ1v) is 5.46.